The van der Waals surface area contributed by atoms with Gasteiger partial charge in [0.2, 0.25) is 0 Å². The third kappa shape index (κ3) is 3.89. The molecule has 4 rings (SSSR count). The van der Waals surface area contributed by atoms with Crippen LogP contribution in [0.5, 0.6) is 11.5 Å². The summed E-state index contributed by atoms with van der Waals surface area (Å²) in [6.07, 6.45) is 5.37. The van der Waals surface area contributed by atoms with Crippen molar-refractivity contribution >= 4 is 28.9 Å². The van der Waals surface area contributed by atoms with E-state index in [1.54, 1.807) is 26.4 Å². The highest BCUT2D eigenvalue weighted by molar-refractivity contribution is 6.32. The first-order valence-corrected chi connectivity index (χ1v) is 10.1. The Morgan fingerprint density at radius 3 is 2.73 bits per heavy atom. The summed E-state index contributed by atoms with van der Waals surface area (Å²) in [7, 11) is 4.61. The van der Waals surface area contributed by atoms with Crippen molar-refractivity contribution in [2.45, 2.75) is 12.8 Å². The molecule has 0 saturated carbocycles. The minimum absolute atomic E-state index is 0.151. The third-order valence-corrected chi connectivity index (χ3v) is 5.82. The van der Waals surface area contributed by atoms with Crippen molar-refractivity contribution < 1.29 is 19.0 Å². The van der Waals surface area contributed by atoms with Gasteiger partial charge in [-0.2, -0.15) is 0 Å². The maximum Gasteiger partial charge on any atom is 0.305 e. The first-order valence-electron chi connectivity index (χ1n) is 9.74. The van der Waals surface area contributed by atoms with Crippen molar-refractivity contribution in [2.24, 2.45) is 5.92 Å². The van der Waals surface area contributed by atoms with Gasteiger partial charge in [-0.25, -0.2) is 4.98 Å². The number of carbonyl (C=O) groups excluding carboxylic acids is 1. The van der Waals surface area contributed by atoms with Crippen molar-refractivity contribution in [1.29, 1.82) is 0 Å². The summed E-state index contributed by atoms with van der Waals surface area (Å²) in [5.41, 5.74) is 3.48. The van der Waals surface area contributed by atoms with E-state index in [1.807, 2.05) is 16.8 Å². The number of pyridine rings is 1. The number of anilines is 1. The fourth-order valence-corrected chi connectivity index (χ4v) is 4.15. The van der Waals surface area contributed by atoms with Crippen LogP contribution in [0.4, 0.5) is 5.69 Å². The lowest BCUT2D eigenvalue weighted by Crippen LogP contribution is -2.20. The lowest BCUT2D eigenvalue weighted by atomic mass is 10.1. The Morgan fingerprint density at radius 2 is 2.00 bits per heavy atom. The lowest BCUT2D eigenvalue weighted by Gasteiger charge is -2.18. The minimum atomic E-state index is -0.151. The predicted octanol–water partition coefficient (Wildman–Crippen LogP) is 4.06. The second kappa shape index (κ2) is 8.44. The highest BCUT2D eigenvalue weighted by Crippen LogP contribution is 2.38. The molecule has 0 spiro atoms. The van der Waals surface area contributed by atoms with Crippen LogP contribution in [0.15, 0.2) is 36.7 Å². The fourth-order valence-electron chi connectivity index (χ4n) is 3.91. The quantitative estimate of drug-likeness (QED) is 0.550. The van der Waals surface area contributed by atoms with E-state index in [-0.39, 0.29) is 5.97 Å². The summed E-state index contributed by atoms with van der Waals surface area (Å²) in [6, 6.07) is 7.69. The van der Waals surface area contributed by atoms with Gasteiger partial charge >= 0.3 is 5.97 Å². The van der Waals surface area contributed by atoms with Gasteiger partial charge in [0.05, 0.1) is 38.5 Å². The van der Waals surface area contributed by atoms with Crippen LogP contribution in [0.25, 0.3) is 16.9 Å². The largest absolute Gasteiger partial charge is 0.496 e. The van der Waals surface area contributed by atoms with Gasteiger partial charge in [-0.1, -0.05) is 11.6 Å². The van der Waals surface area contributed by atoms with E-state index in [9.17, 15) is 4.79 Å². The molecule has 3 aromatic rings. The molecule has 158 valence electrons. The molecule has 0 amide bonds. The Morgan fingerprint density at radius 1 is 1.20 bits per heavy atom. The number of carbonyl (C=O) groups is 1. The van der Waals surface area contributed by atoms with Gasteiger partial charge in [-0.05, 0) is 24.5 Å². The van der Waals surface area contributed by atoms with Crippen molar-refractivity contribution in [1.82, 2.24) is 9.38 Å². The van der Waals surface area contributed by atoms with E-state index in [2.05, 4.69) is 17.0 Å². The predicted molar refractivity (Wildman–Crippen MR) is 116 cm³/mol. The molecule has 8 heteroatoms. The van der Waals surface area contributed by atoms with Crippen LogP contribution in [0, 0.1) is 5.92 Å². The number of esters is 1. The Hall–Kier alpha value is -2.93. The summed E-state index contributed by atoms with van der Waals surface area (Å²) in [5, 5.41) is 0.500. The van der Waals surface area contributed by atoms with E-state index in [1.165, 1.54) is 7.11 Å². The fraction of sp³-hybridized carbons (Fsp3) is 0.364. The van der Waals surface area contributed by atoms with Crippen molar-refractivity contribution in [3.05, 3.63) is 41.7 Å². The van der Waals surface area contributed by atoms with E-state index in [0.29, 0.717) is 28.9 Å². The number of benzene rings is 1. The molecule has 0 aliphatic carbocycles. The van der Waals surface area contributed by atoms with Gasteiger partial charge in [0.25, 0.3) is 0 Å². The molecule has 1 saturated heterocycles. The monoisotopic (exact) mass is 429 g/mol. The maximum absolute atomic E-state index is 11.6. The number of aromatic nitrogens is 2. The first kappa shape index (κ1) is 20.3. The molecule has 1 aliphatic rings. The number of imidazole rings is 1. The normalized spacial score (nSPS) is 16.1. The summed E-state index contributed by atoms with van der Waals surface area (Å²) in [6.45, 7) is 1.74. The van der Waals surface area contributed by atoms with Crippen molar-refractivity contribution in [3.63, 3.8) is 0 Å². The zero-order valence-electron chi connectivity index (χ0n) is 17.2. The second-order valence-electron chi connectivity index (χ2n) is 7.34. The van der Waals surface area contributed by atoms with E-state index < -0.39 is 0 Å². The zero-order chi connectivity index (χ0) is 21.3. The van der Waals surface area contributed by atoms with E-state index in [4.69, 9.17) is 30.8 Å². The van der Waals surface area contributed by atoms with Gasteiger partial charge < -0.3 is 23.5 Å². The second-order valence-corrected chi connectivity index (χ2v) is 7.75. The summed E-state index contributed by atoms with van der Waals surface area (Å²) in [5.74, 6) is 1.36. The first-order chi connectivity index (χ1) is 14.5. The highest BCUT2D eigenvalue weighted by atomic mass is 35.5. The topological polar surface area (TPSA) is 65.3 Å². The summed E-state index contributed by atoms with van der Waals surface area (Å²) >= 11 is 6.32. The number of methoxy groups -OCH3 is 3. The zero-order valence-corrected chi connectivity index (χ0v) is 18.0. The van der Waals surface area contributed by atoms with Crippen molar-refractivity contribution in [2.75, 3.05) is 39.3 Å². The van der Waals surface area contributed by atoms with Crippen LogP contribution in [-0.4, -0.2) is 49.8 Å². The molecule has 2 aromatic heterocycles. The molecule has 0 bridgehead atoms. The molecule has 3 heterocycles. The highest BCUT2D eigenvalue weighted by Gasteiger charge is 2.25. The number of hydrogen-bond donors (Lipinski definition) is 0. The van der Waals surface area contributed by atoms with E-state index in [0.717, 1.165) is 42.1 Å². The number of ether oxygens (including phenoxy) is 3. The van der Waals surface area contributed by atoms with Gasteiger partial charge in [-0.3, -0.25) is 4.79 Å². The molecule has 1 aromatic carbocycles. The van der Waals surface area contributed by atoms with Crippen LogP contribution in [0.3, 0.4) is 0 Å². The van der Waals surface area contributed by atoms with E-state index >= 15 is 0 Å². The molecule has 1 atom stereocenters. The smallest absolute Gasteiger partial charge is 0.305 e. The van der Waals surface area contributed by atoms with Crippen LogP contribution >= 0.6 is 11.6 Å². The number of hydrogen-bond acceptors (Lipinski definition) is 6. The average molecular weight is 430 g/mol. The SMILES string of the molecule is COC(=O)CC1CCN(c2ccn3cc(-c4cc(Cl)c(OC)cc4OC)nc3c2)C1. The summed E-state index contributed by atoms with van der Waals surface area (Å²) < 4.78 is 17.6. The minimum Gasteiger partial charge on any atom is -0.496 e. The lowest BCUT2D eigenvalue weighted by molar-refractivity contribution is -0.141. The molecule has 30 heavy (non-hydrogen) atoms. The number of rotatable bonds is 6. The number of fused-ring (bicyclic) bond motifs is 1. The van der Waals surface area contributed by atoms with Crippen LogP contribution in [-0.2, 0) is 9.53 Å². The molecule has 7 nitrogen and oxygen atoms in total. The Labute approximate surface area is 180 Å². The van der Waals surface area contributed by atoms with Crippen LogP contribution < -0.4 is 14.4 Å². The molecule has 0 N–H and O–H groups in total. The molecule has 1 unspecified atom stereocenters. The van der Waals surface area contributed by atoms with Gasteiger partial charge in [-0.15, -0.1) is 0 Å². The molecular formula is C22H24ClN3O4. The Bertz CT molecular complexity index is 1080. The molecular weight excluding hydrogens is 406 g/mol. The number of halogens is 1. The molecule has 0 radical (unpaired) electrons. The Kier molecular flexibility index (Phi) is 5.72. The van der Waals surface area contributed by atoms with Crippen LogP contribution in [0.1, 0.15) is 12.8 Å². The summed E-state index contributed by atoms with van der Waals surface area (Å²) in [4.78, 5) is 18.6. The maximum atomic E-state index is 11.6. The third-order valence-electron chi connectivity index (χ3n) is 5.53. The molecule has 1 aliphatic heterocycles. The van der Waals surface area contributed by atoms with Crippen LogP contribution in [0.2, 0.25) is 5.02 Å². The molecule has 1 fully saturated rings. The van der Waals surface area contributed by atoms with Gasteiger partial charge in [0.15, 0.2) is 0 Å². The standard InChI is InChI=1S/C22H24ClN3O4/c1-28-19-11-20(29-2)17(23)10-16(19)18-13-26-7-5-15(9-21(26)24-18)25-6-4-14(12-25)8-22(27)30-3/h5,7,9-11,13-14H,4,6,8,12H2,1-3H3. The number of nitrogens with zero attached hydrogens (tertiary/aromatic N) is 3. The van der Waals surface area contributed by atoms with Gasteiger partial charge in [0.1, 0.15) is 17.1 Å². The average Bonchev–Trinajstić information content (AvgIpc) is 3.39. The van der Waals surface area contributed by atoms with Crippen molar-refractivity contribution in [3.8, 4) is 22.8 Å². The Balaban J connectivity index is 1.61. The van der Waals surface area contributed by atoms with Gasteiger partial charge in [0, 0.05) is 48.9 Å².